The Morgan fingerprint density at radius 1 is 0.436 bits per heavy atom. The third kappa shape index (κ3) is 2.76. The Hall–Kier alpha value is -4.79. The molecule has 3 heterocycles. The fourth-order valence-corrected chi connectivity index (χ4v) is 6.95. The number of hydrogen-bond donors (Lipinski definition) is 0. The SMILES string of the molecule is Clc1cc2c3cccc4c5cc(-c6ccccc6)ccc5n(c5cccc6c5c2c(c1)n6-c1ccccc1)c34. The van der Waals surface area contributed by atoms with Crippen LogP contribution in [-0.2, 0) is 0 Å². The molecule has 0 saturated carbocycles. The number of hydrogen-bond acceptors (Lipinski definition) is 0. The van der Waals surface area contributed by atoms with E-state index in [0.29, 0.717) is 0 Å². The Morgan fingerprint density at radius 2 is 1.15 bits per heavy atom. The second kappa shape index (κ2) is 7.63. The molecule has 3 aromatic heterocycles. The molecule has 0 fully saturated rings. The van der Waals surface area contributed by atoms with Gasteiger partial charge in [0, 0.05) is 37.6 Å². The van der Waals surface area contributed by atoms with Crippen molar-refractivity contribution in [1.82, 2.24) is 8.97 Å². The fraction of sp³-hybridized carbons (Fsp3) is 0. The van der Waals surface area contributed by atoms with Crippen molar-refractivity contribution in [2.24, 2.45) is 0 Å². The molecule has 0 radical (unpaired) electrons. The normalized spacial score (nSPS) is 12.2. The van der Waals surface area contributed by atoms with Gasteiger partial charge >= 0.3 is 0 Å². The summed E-state index contributed by atoms with van der Waals surface area (Å²) in [5.41, 5.74) is 9.54. The second-order valence-corrected chi connectivity index (χ2v) is 10.8. The molecule has 9 aromatic rings. The monoisotopic (exact) mass is 516 g/mol. The highest BCUT2D eigenvalue weighted by atomic mass is 35.5. The molecule has 0 aliphatic carbocycles. The summed E-state index contributed by atoms with van der Waals surface area (Å²) in [5, 5.41) is 8.15. The van der Waals surface area contributed by atoms with Gasteiger partial charge < -0.3 is 8.97 Å². The Balaban J connectivity index is 1.57. The first kappa shape index (κ1) is 21.2. The summed E-state index contributed by atoms with van der Waals surface area (Å²) < 4.78 is 4.83. The van der Waals surface area contributed by atoms with Crippen LogP contribution >= 0.6 is 11.6 Å². The van der Waals surface area contributed by atoms with E-state index in [2.05, 4.69) is 136 Å². The maximum atomic E-state index is 6.87. The molecule has 0 bridgehead atoms. The van der Waals surface area contributed by atoms with Crippen molar-refractivity contribution in [3.63, 3.8) is 0 Å². The van der Waals surface area contributed by atoms with Crippen molar-refractivity contribution in [2.75, 3.05) is 0 Å². The van der Waals surface area contributed by atoms with Gasteiger partial charge in [-0.2, -0.15) is 0 Å². The molecule has 0 atom stereocenters. The predicted octanol–water partition coefficient (Wildman–Crippen LogP) is 10.3. The zero-order chi connectivity index (χ0) is 25.7. The van der Waals surface area contributed by atoms with Crippen LogP contribution in [-0.4, -0.2) is 8.97 Å². The first-order valence-electron chi connectivity index (χ1n) is 13.2. The lowest BCUT2D eigenvalue weighted by Crippen LogP contribution is -1.94. The molecule has 9 rings (SSSR count). The van der Waals surface area contributed by atoms with Crippen molar-refractivity contribution in [1.29, 1.82) is 0 Å². The second-order valence-electron chi connectivity index (χ2n) is 10.3. The average molecular weight is 517 g/mol. The maximum Gasteiger partial charge on any atom is 0.0619 e. The highest BCUT2D eigenvalue weighted by molar-refractivity contribution is 6.36. The minimum absolute atomic E-state index is 0.743. The highest BCUT2D eigenvalue weighted by Crippen LogP contribution is 2.45. The molecule has 0 aliphatic heterocycles. The van der Waals surface area contributed by atoms with Crippen LogP contribution in [0.1, 0.15) is 0 Å². The van der Waals surface area contributed by atoms with Crippen molar-refractivity contribution in [3.8, 4) is 16.8 Å². The summed E-state index contributed by atoms with van der Waals surface area (Å²) in [6, 6.07) is 45.7. The van der Waals surface area contributed by atoms with Crippen LogP contribution in [0.5, 0.6) is 0 Å². The largest absolute Gasteiger partial charge is 0.309 e. The summed E-state index contributed by atoms with van der Waals surface area (Å²) in [4.78, 5) is 0. The van der Waals surface area contributed by atoms with Crippen LogP contribution in [0.4, 0.5) is 0 Å². The lowest BCUT2D eigenvalue weighted by atomic mass is 10.0. The van der Waals surface area contributed by atoms with Gasteiger partial charge in [0.2, 0.25) is 0 Å². The van der Waals surface area contributed by atoms with E-state index in [0.717, 1.165) is 16.2 Å². The molecular formula is C36H21ClN2. The molecule has 2 nitrogen and oxygen atoms in total. The first-order valence-corrected chi connectivity index (χ1v) is 13.6. The van der Waals surface area contributed by atoms with E-state index in [4.69, 9.17) is 11.6 Å². The van der Waals surface area contributed by atoms with Crippen LogP contribution < -0.4 is 0 Å². The van der Waals surface area contributed by atoms with Crippen LogP contribution in [0.25, 0.3) is 76.7 Å². The quantitative estimate of drug-likeness (QED) is 0.216. The summed E-state index contributed by atoms with van der Waals surface area (Å²) in [6.45, 7) is 0. The smallest absolute Gasteiger partial charge is 0.0619 e. The number of rotatable bonds is 2. The number of halogens is 1. The van der Waals surface area contributed by atoms with Crippen molar-refractivity contribution in [3.05, 3.63) is 132 Å². The molecule has 3 heteroatoms. The van der Waals surface area contributed by atoms with Gasteiger partial charge in [0.15, 0.2) is 0 Å². The minimum Gasteiger partial charge on any atom is -0.309 e. The van der Waals surface area contributed by atoms with E-state index in [1.165, 1.54) is 65.5 Å². The average Bonchev–Trinajstić information content (AvgIpc) is 3.45. The molecule has 0 N–H and O–H groups in total. The number of para-hydroxylation sites is 2. The highest BCUT2D eigenvalue weighted by Gasteiger charge is 2.22. The van der Waals surface area contributed by atoms with Crippen molar-refractivity contribution >= 4 is 71.5 Å². The molecule has 6 aromatic carbocycles. The van der Waals surface area contributed by atoms with E-state index in [-0.39, 0.29) is 0 Å². The molecule has 0 unspecified atom stereocenters. The summed E-state index contributed by atoms with van der Waals surface area (Å²) in [6.07, 6.45) is 0. The van der Waals surface area contributed by atoms with Crippen LogP contribution in [0.15, 0.2) is 127 Å². The molecule has 0 amide bonds. The van der Waals surface area contributed by atoms with Gasteiger partial charge in [-0.1, -0.05) is 90.5 Å². The maximum absolute atomic E-state index is 6.87. The van der Waals surface area contributed by atoms with Crippen LogP contribution in [0.2, 0.25) is 5.02 Å². The Kier molecular flexibility index (Phi) is 4.14. The van der Waals surface area contributed by atoms with E-state index in [1.807, 2.05) is 0 Å². The van der Waals surface area contributed by atoms with Gasteiger partial charge in [-0.25, -0.2) is 0 Å². The van der Waals surface area contributed by atoms with Gasteiger partial charge in [-0.15, -0.1) is 0 Å². The molecule has 0 spiro atoms. The standard InChI is InChI=1S/C36H21ClN2/c37-24-20-29-27-14-7-13-26-28-19-23(22-9-3-1-4-10-22)17-18-30(28)39(36(26)27)32-16-8-15-31-35(32)34(29)33(21-24)38(31)25-11-5-2-6-12-25/h1-21H. The van der Waals surface area contributed by atoms with E-state index in [9.17, 15) is 0 Å². The van der Waals surface area contributed by atoms with Gasteiger partial charge in [0.05, 0.1) is 27.6 Å². The van der Waals surface area contributed by atoms with Gasteiger partial charge in [0.1, 0.15) is 0 Å². The van der Waals surface area contributed by atoms with E-state index < -0.39 is 0 Å². The number of aromatic nitrogens is 2. The number of nitrogens with zero attached hydrogens (tertiary/aromatic N) is 2. The van der Waals surface area contributed by atoms with Gasteiger partial charge in [-0.05, 0) is 65.0 Å². The fourth-order valence-electron chi connectivity index (χ4n) is 6.73. The third-order valence-corrected chi connectivity index (χ3v) is 8.49. The Bertz CT molecular complexity index is 2380. The first-order chi connectivity index (χ1) is 19.3. The van der Waals surface area contributed by atoms with Crippen molar-refractivity contribution < 1.29 is 0 Å². The zero-order valence-corrected chi connectivity index (χ0v) is 21.7. The van der Waals surface area contributed by atoms with E-state index >= 15 is 0 Å². The zero-order valence-electron chi connectivity index (χ0n) is 20.9. The lowest BCUT2D eigenvalue weighted by Gasteiger charge is -2.09. The molecule has 0 saturated heterocycles. The lowest BCUT2D eigenvalue weighted by molar-refractivity contribution is 1.18. The molecule has 182 valence electrons. The molecule has 39 heavy (non-hydrogen) atoms. The van der Waals surface area contributed by atoms with Crippen LogP contribution in [0.3, 0.4) is 0 Å². The summed E-state index contributed by atoms with van der Waals surface area (Å²) >= 11 is 6.87. The number of fused-ring (bicyclic) bond motifs is 5. The summed E-state index contributed by atoms with van der Waals surface area (Å²) in [5.74, 6) is 0. The van der Waals surface area contributed by atoms with Crippen LogP contribution in [0, 0.1) is 0 Å². The Labute approximate surface area is 229 Å². The minimum atomic E-state index is 0.743. The third-order valence-electron chi connectivity index (χ3n) is 8.27. The summed E-state index contributed by atoms with van der Waals surface area (Å²) in [7, 11) is 0. The van der Waals surface area contributed by atoms with Gasteiger partial charge in [-0.3, -0.25) is 0 Å². The molecule has 0 aliphatic rings. The Morgan fingerprint density at radius 3 is 1.97 bits per heavy atom. The predicted molar refractivity (Wildman–Crippen MR) is 166 cm³/mol. The van der Waals surface area contributed by atoms with Gasteiger partial charge in [0.25, 0.3) is 0 Å². The number of benzene rings is 6. The topological polar surface area (TPSA) is 9.34 Å². The molecular weight excluding hydrogens is 496 g/mol. The van der Waals surface area contributed by atoms with E-state index in [1.54, 1.807) is 0 Å². The van der Waals surface area contributed by atoms with Crippen molar-refractivity contribution in [2.45, 2.75) is 0 Å².